The molecule has 0 amide bonds. The van der Waals surface area contributed by atoms with Gasteiger partial charge < -0.3 is 0 Å². The van der Waals surface area contributed by atoms with E-state index in [1.807, 2.05) is 13.0 Å². The highest BCUT2D eigenvalue weighted by Crippen LogP contribution is 2.18. The average molecular weight is 229 g/mol. The Kier molecular flexibility index (Phi) is 4.28. The van der Waals surface area contributed by atoms with Crippen molar-refractivity contribution in [3.63, 3.8) is 0 Å². The van der Waals surface area contributed by atoms with Crippen LogP contribution < -0.4 is 0 Å². The lowest BCUT2D eigenvalue weighted by Gasteiger charge is -2.07. The Bertz CT molecular complexity index is 351. The van der Waals surface area contributed by atoms with Crippen LogP contribution in [-0.4, -0.2) is 11.7 Å². The fourth-order valence-electron chi connectivity index (χ4n) is 1.62. The number of carbonyl (C=O) groups excluding carboxylic acids is 1. The number of halogens is 2. The Labute approximate surface area is 94.3 Å². The molecular formula is C12H14ClFO. The molecule has 0 aromatic heterocycles. The lowest BCUT2D eigenvalue weighted by molar-refractivity contribution is 0.0977. The first-order valence-electron chi connectivity index (χ1n) is 4.92. The molecule has 0 saturated carbocycles. The van der Waals surface area contributed by atoms with Crippen LogP contribution in [0.1, 0.15) is 34.3 Å². The van der Waals surface area contributed by atoms with Crippen molar-refractivity contribution >= 4 is 17.4 Å². The number of aryl methyl sites for hydroxylation is 2. The Hall–Kier alpha value is -0.890. The summed E-state index contributed by atoms with van der Waals surface area (Å²) in [6.45, 7) is 3.56. The summed E-state index contributed by atoms with van der Waals surface area (Å²) in [6.07, 6.45) is 0.900. The van der Waals surface area contributed by atoms with Gasteiger partial charge >= 0.3 is 0 Å². The second kappa shape index (κ2) is 5.26. The van der Waals surface area contributed by atoms with E-state index in [0.717, 1.165) is 5.56 Å². The van der Waals surface area contributed by atoms with E-state index in [2.05, 4.69) is 0 Å². The van der Waals surface area contributed by atoms with Crippen LogP contribution in [0.4, 0.5) is 4.39 Å². The first-order chi connectivity index (χ1) is 7.06. The number of Topliss-reactive ketones (excluding diaryl/α,β-unsaturated/α-hetero) is 1. The molecule has 0 aliphatic heterocycles. The highest BCUT2D eigenvalue weighted by Gasteiger charge is 2.14. The molecule has 1 rings (SSSR count). The summed E-state index contributed by atoms with van der Waals surface area (Å²) >= 11 is 5.49. The number of carbonyl (C=O) groups is 1. The number of benzene rings is 1. The summed E-state index contributed by atoms with van der Waals surface area (Å²) in [6, 6.07) is 3.21. The molecule has 3 heteroatoms. The van der Waals surface area contributed by atoms with Gasteiger partial charge in [0.05, 0.1) is 5.56 Å². The van der Waals surface area contributed by atoms with Gasteiger partial charge in [0.2, 0.25) is 0 Å². The quantitative estimate of drug-likeness (QED) is 0.568. The summed E-state index contributed by atoms with van der Waals surface area (Å²) < 4.78 is 13.5. The molecule has 0 radical (unpaired) electrons. The predicted octanol–water partition coefficient (Wildman–Crippen LogP) is 3.64. The van der Waals surface area contributed by atoms with Gasteiger partial charge in [-0.05, 0) is 37.5 Å². The van der Waals surface area contributed by atoms with E-state index in [1.165, 1.54) is 6.07 Å². The van der Waals surface area contributed by atoms with Crippen molar-refractivity contribution in [3.8, 4) is 0 Å². The van der Waals surface area contributed by atoms with Crippen LogP contribution >= 0.6 is 11.6 Å². The highest BCUT2D eigenvalue weighted by atomic mass is 35.5. The van der Waals surface area contributed by atoms with Gasteiger partial charge in [-0.15, -0.1) is 11.6 Å². The maximum absolute atomic E-state index is 13.5. The number of hydrogen-bond donors (Lipinski definition) is 0. The van der Waals surface area contributed by atoms with Crippen molar-refractivity contribution in [2.45, 2.75) is 26.7 Å². The summed E-state index contributed by atoms with van der Waals surface area (Å²) in [4.78, 5) is 11.7. The molecule has 0 heterocycles. The van der Waals surface area contributed by atoms with E-state index in [1.54, 1.807) is 6.92 Å². The minimum Gasteiger partial charge on any atom is -0.294 e. The summed E-state index contributed by atoms with van der Waals surface area (Å²) in [7, 11) is 0. The van der Waals surface area contributed by atoms with Crippen LogP contribution in [0.5, 0.6) is 0 Å². The number of rotatable bonds is 4. The molecule has 0 bridgehead atoms. The fourth-order valence-corrected chi connectivity index (χ4v) is 1.75. The molecule has 82 valence electrons. The van der Waals surface area contributed by atoms with E-state index >= 15 is 0 Å². The van der Waals surface area contributed by atoms with Gasteiger partial charge in [0.25, 0.3) is 0 Å². The van der Waals surface area contributed by atoms with Crippen LogP contribution in [0.15, 0.2) is 12.1 Å². The number of hydrogen-bond acceptors (Lipinski definition) is 1. The minimum atomic E-state index is -0.424. The third-order valence-electron chi connectivity index (χ3n) is 2.25. The molecular weight excluding hydrogens is 215 g/mol. The molecule has 1 nitrogen and oxygen atoms in total. The number of alkyl halides is 1. The van der Waals surface area contributed by atoms with E-state index in [4.69, 9.17) is 11.6 Å². The Morgan fingerprint density at radius 3 is 2.60 bits per heavy atom. The molecule has 0 atom stereocenters. The fraction of sp³-hybridized carbons (Fsp3) is 0.417. The molecule has 1 aromatic carbocycles. The van der Waals surface area contributed by atoms with Gasteiger partial charge in [-0.25, -0.2) is 4.39 Å². The van der Waals surface area contributed by atoms with Crippen LogP contribution in [0.3, 0.4) is 0 Å². The predicted molar refractivity (Wildman–Crippen MR) is 60.2 cm³/mol. The summed E-state index contributed by atoms with van der Waals surface area (Å²) in [5, 5.41) is 0. The van der Waals surface area contributed by atoms with Crippen molar-refractivity contribution in [1.82, 2.24) is 0 Å². The first kappa shape index (κ1) is 12.2. The molecule has 0 saturated heterocycles. The Morgan fingerprint density at radius 1 is 1.40 bits per heavy atom. The van der Waals surface area contributed by atoms with Crippen molar-refractivity contribution in [2.24, 2.45) is 0 Å². The SMILES string of the molecule is Cc1cc(C)c(C(=O)CCCCl)c(F)c1. The average Bonchev–Trinajstić information content (AvgIpc) is 2.12. The third kappa shape index (κ3) is 3.03. The Morgan fingerprint density at radius 2 is 2.07 bits per heavy atom. The molecule has 15 heavy (non-hydrogen) atoms. The van der Waals surface area contributed by atoms with Gasteiger partial charge in [0.15, 0.2) is 5.78 Å². The molecule has 0 fully saturated rings. The van der Waals surface area contributed by atoms with Gasteiger partial charge in [0.1, 0.15) is 5.82 Å². The van der Waals surface area contributed by atoms with Crippen molar-refractivity contribution in [1.29, 1.82) is 0 Å². The van der Waals surface area contributed by atoms with Crippen LogP contribution in [0.2, 0.25) is 0 Å². The smallest absolute Gasteiger partial charge is 0.166 e. The molecule has 0 aliphatic carbocycles. The lowest BCUT2D eigenvalue weighted by atomic mass is 9.99. The maximum atomic E-state index is 13.5. The molecule has 0 N–H and O–H groups in total. The zero-order valence-corrected chi connectivity index (χ0v) is 9.70. The lowest BCUT2D eigenvalue weighted by Crippen LogP contribution is -2.06. The zero-order valence-electron chi connectivity index (χ0n) is 8.94. The monoisotopic (exact) mass is 228 g/mol. The van der Waals surface area contributed by atoms with Crippen molar-refractivity contribution < 1.29 is 9.18 Å². The van der Waals surface area contributed by atoms with Crippen LogP contribution in [0.25, 0.3) is 0 Å². The maximum Gasteiger partial charge on any atom is 0.166 e. The Balaban J connectivity index is 2.98. The normalized spacial score (nSPS) is 10.4. The van der Waals surface area contributed by atoms with Gasteiger partial charge in [-0.3, -0.25) is 4.79 Å². The van der Waals surface area contributed by atoms with Crippen molar-refractivity contribution in [2.75, 3.05) is 5.88 Å². The third-order valence-corrected chi connectivity index (χ3v) is 2.52. The second-order valence-electron chi connectivity index (χ2n) is 3.65. The van der Waals surface area contributed by atoms with E-state index < -0.39 is 5.82 Å². The molecule has 1 aromatic rings. The number of ketones is 1. The second-order valence-corrected chi connectivity index (χ2v) is 4.03. The molecule has 0 unspecified atom stereocenters. The van der Waals surface area contributed by atoms with E-state index in [9.17, 15) is 9.18 Å². The van der Waals surface area contributed by atoms with Gasteiger partial charge in [-0.2, -0.15) is 0 Å². The van der Waals surface area contributed by atoms with E-state index in [0.29, 0.717) is 24.3 Å². The highest BCUT2D eigenvalue weighted by molar-refractivity contribution is 6.18. The van der Waals surface area contributed by atoms with Gasteiger partial charge in [0, 0.05) is 12.3 Å². The largest absolute Gasteiger partial charge is 0.294 e. The summed E-state index contributed by atoms with van der Waals surface area (Å²) in [5.41, 5.74) is 1.75. The summed E-state index contributed by atoms with van der Waals surface area (Å²) in [5.74, 6) is -0.157. The first-order valence-corrected chi connectivity index (χ1v) is 5.45. The van der Waals surface area contributed by atoms with Crippen molar-refractivity contribution in [3.05, 3.63) is 34.6 Å². The van der Waals surface area contributed by atoms with Crippen LogP contribution in [-0.2, 0) is 0 Å². The van der Waals surface area contributed by atoms with E-state index in [-0.39, 0.29) is 11.3 Å². The zero-order chi connectivity index (χ0) is 11.4. The topological polar surface area (TPSA) is 17.1 Å². The minimum absolute atomic E-state index is 0.161. The standard InChI is InChI=1S/C12H14ClFO/c1-8-6-9(2)12(10(14)7-8)11(15)4-3-5-13/h6-7H,3-5H2,1-2H3. The molecule has 0 spiro atoms. The van der Waals surface area contributed by atoms with Crippen LogP contribution in [0, 0.1) is 19.7 Å². The molecule has 0 aliphatic rings. The van der Waals surface area contributed by atoms with Gasteiger partial charge in [-0.1, -0.05) is 6.07 Å².